The number of para-hydroxylation sites is 2. The lowest BCUT2D eigenvalue weighted by atomic mass is 9.95. The van der Waals surface area contributed by atoms with Crippen LogP contribution in [0.15, 0.2) is 72.9 Å². The Hall–Kier alpha value is -3.96. The van der Waals surface area contributed by atoms with Gasteiger partial charge in [-0.25, -0.2) is 0 Å². The van der Waals surface area contributed by atoms with Gasteiger partial charge in [0, 0.05) is 28.9 Å². The van der Waals surface area contributed by atoms with Gasteiger partial charge in [-0.05, 0) is 79.6 Å². The monoisotopic (exact) mass is 523 g/mol. The van der Waals surface area contributed by atoms with E-state index in [1.165, 1.54) is 16.7 Å². The van der Waals surface area contributed by atoms with E-state index in [4.69, 9.17) is 16.3 Å². The molecule has 38 heavy (non-hydrogen) atoms. The molecule has 0 aliphatic carbocycles. The lowest BCUT2D eigenvalue weighted by molar-refractivity contribution is 0.102. The third-order valence-electron chi connectivity index (χ3n) is 7.64. The summed E-state index contributed by atoms with van der Waals surface area (Å²) in [6.45, 7) is 5.14. The number of nitrogens with one attached hydrogen (secondary N) is 1. The third kappa shape index (κ3) is 4.07. The molecule has 6 rings (SSSR count). The second-order valence-electron chi connectivity index (χ2n) is 9.98. The first-order valence-corrected chi connectivity index (χ1v) is 13.4. The number of nitrogens with zero attached hydrogens (tertiary/aromatic N) is 2. The van der Waals surface area contributed by atoms with Crippen LogP contribution in [-0.2, 0) is 13.0 Å². The van der Waals surface area contributed by atoms with Crippen molar-refractivity contribution < 1.29 is 9.53 Å². The van der Waals surface area contributed by atoms with E-state index in [2.05, 4.69) is 52.5 Å². The van der Waals surface area contributed by atoms with E-state index in [0.29, 0.717) is 22.2 Å². The average Bonchev–Trinajstić information content (AvgIpc) is 3.34. The second-order valence-corrected chi connectivity index (χ2v) is 10.4. The standard InChI is InChI=1S/C32H30ClN3O2/c1-20-11-12-23(18-21(20)2)29-25-8-6-7-17-35-27(22-13-15-24(33)16-14-22)19-36(32(25)35)30(29)31(37)34-26-9-4-5-10-28(26)38-3/h4-5,9-16,18-19H,6-8,17H2,1-3H3,(H,34,37). The first-order valence-electron chi connectivity index (χ1n) is 13.0. The number of benzene rings is 3. The summed E-state index contributed by atoms with van der Waals surface area (Å²) in [5, 5.41) is 3.85. The molecule has 1 amide bonds. The number of carbonyl (C=O) groups is 1. The van der Waals surface area contributed by atoms with Gasteiger partial charge in [-0.15, -0.1) is 0 Å². The molecule has 3 aromatic carbocycles. The zero-order valence-corrected chi connectivity index (χ0v) is 22.6. The van der Waals surface area contributed by atoms with Crippen LogP contribution >= 0.6 is 11.6 Å². The molecule has 0 atom stereocenters. The van der Waals surface area contributed by atoms with Gasteiger partial charge in [0.1, 0.15) is 17.1 Å². The van der Waals surface area contributed by atoms with E-state index in [-0.39, 0.29) is 5.91 Å². The fourth-order valence-corrected chi connectivity index (χ4v) is 5.72. The predicted molar refractivity (Wildman–Crippen MR) is 155 cm³/mol. The van der Waals surface area contributed by atoms with Crippen molar-refractivity contribution in [1.29, 1.82) is 0 Å². The molecule has 1 N–H and O–H groups in total. The highest BCUT2D eigenvalue weighted by molar-refractivity contribution is 6.30. The maximum atomic E-state index is 14.2. The average molecular weight is 524 g/mol. The van der Waals surface area contributed by atoms with Crippen molar-refractivity contribution in [3.05, 3.63) is 100 Å². The normalized spacial score (nSPS) is 12.9. The van der Waals surface area contributed by atoms with E-state index in [9.17, 15) is 4.79 Å². The molecule has 0 saturated carbocycles. The number of rotatable bonds is 5. The Labute approximate surface area is 227 Å². The molecule has 1 aliphatic heterocycles. The molecule has 192 valence electrons. The number of hydrogen-bond donors (Lipinski definition) is 1. The van der Waals surface area contributed by atoms with Crippen molar-refractivity contribution in [3.8, 4) is 28.1 Å². The molecule has 6 heteroatoms. The fraction of sp³-hybridized carbons (Fsp3) is 0.219. The molecule has 3 heterocycles. The van der Waals surface area contributed by atoms with Crippen molar-refractivity contribution in [3.63, 3.8) is 0 Å². The van der Waals surface area contributed by atoms with Crippen molar-refractivity contribution in [2.24, 2.45) is 0 Å². The Morgan fingerprint density at radius 2 is 1.71 bits per heavy atom. The Morgan fingerprint density at radius 3 is 2.47 bits per heavy atom. The highest BCUT2D eigenvalue weighted by Crippen LogP contribution is 2.40. The quantitative estimate of drug-likeness (QED) is 0.254. The van der Waals surface area contributed by atoms with E-state index < -0.39 is 0 Å². The number of amides is 1. The summed E-state index contributed by atoms with van der Waals surface area (Å²) in [4.78, 5) is 14.2. The second kappa shape index (κ2) is 9.73. The van der Waals surface area contributed by atoms with Crippen molar-refractivity contribution in [2.75, 3.05) is 12.4 Å². The summed E-state index contributed by atoms with van der Waals surface area (Å²) in [7, 11) is 1.61. The maximum Gasteiger partial charge on any atom is 0.273 e. The smallest absolute Gasteiger partial charge is 0.273 e. The minimum absolute atomic E-state index is 0.163. The van der Waals surface area contributed by atoms with Gasteiger partial charge < -0.3 is 14.6 Å². The van der Waals surface area contributed by atoms with E-state index in [1.807, 2.05) is 48.5 Å². The van der Waals surface area contributed by atoms with Gasteiger partial charge in [0.15, 0.2) is 0 Å². The van der Waals surface area contributed by atoms with Gasteiger partial charge in [0.2, 0.25) is 0 Å². The molecule has 0 bridgehead atoms. The van der Waals surface area contributed by atoms with Gasteiger partial charge in [-0.2, -0.15) is 0 Å². The summed E-state index contributed by atoms with van der Waals surface area (Å²) in [6.07, 6.45) is 5.16. The number of ether oxygens (including phenoxy) is 1. The van der Waals surface area contributed by atoms with Crippen molar-refractivity contribution in [1.82, 2.24) is 8.97 Å². The molecule has 0 spiro atoms. The molecule has 0 unspecified atom stereocenters. The molecule has 0 radical (unpaired) electrons. The molecule has 0 saturated heterocycles. The van der Waals surface area contributed by atoms with Crippen molar-refractivity contribution >= 4 is 28.8 Å². The molecule has 5 nitrogen and oxygen atoms in total. The fourth-order valence-electron chi connectivity index (χ4n) is 5.60. The van der Waals surface area contributed by atoms with Gasteiger partial charge in [-0.1, -0.05) is 54.1 Å². The first kappa shape index (κ1) is 24.4. The highest BCUT2D eigenvalue weighted by atomic mass is 35.5. The predicted octanol–water partition coefficient (Wildman–Crippen LogP) is 7.94. The summed E-state index contributed by atoms with van der Waals surface area (Å²) in [6, 6.07) is 21.9. The van der Waals surface area contributed by atoms with Gasteiger partial charge in [0.25, 0.3) is 5.91 Å². The topological polar surface area (TPSA) is 47.7 Å². The lowest BCUT2D eigenvalue weighted by Gasteiger charge is -2.13. The van der Waals surface area contributed by atoms with Crippen LogP contribution < -0.4 is 10.1 Å². The van der Waals surface area contributed by atoms with Crippen LogP contribution in [0.2, 0.25) is 5.02 Å². The van der Waals surface area contributed by atoms with Gasteiger partial charge in [0.05, 0.1) is 18.5 Å². The molecular formula is C32H30ClN3O2. The van der Waals surface area contributed by atoms with E-state index in [0.717, 1.165) is 53.8 Å². The number of aryl methyl sites for hydroxylation is 4. The Balaban J connectivity index is 1.62. The Kier molecular flexibility index (Phi) is 6.24. The molecular weight excluding hydrogens is 494 g/mol. The largest absolute Gasteiger partial charge is 0.495 e. The van der Waals surface area contributed by atoms with Crippen LogP contribution in [-0.4, -0.2) is 22.0 Å². The molecule has 1 aliphatic rings. The summed E-state index contributed by atoms with van der Waals surface area (Å²) in [5.41, 5.74) is 10.3. The van der Waals surface area contributed by atoms with Crippen LogP contribution in [0.3, 0.4) is 0 Å². The van der Waals surface area contributed by atoms with Crippen molar-refractivity contribution in [2.45, 2.75) is 39.7 Å². The number of anilines is 1. The van der Waals surface area contributed by atoms with E-state index >= 15 is 0 Å². The Morgan fingerprint density at radius 1 is 0.947 bits per heavy atom. The molecule has 5 aromatic rings. The maximum absolute atomic E-state index is 14.2. The van der Waals surface area contributed by atoms with E-state index in [1.54, 1.807) is 7.11 Å². The summed E-state index contributed by atoms with van der Waals surface area (Å²) >= 11 is 6.20. The van der Waals surface area contributed by atoms with Gasteiger partial charge in [-0.3, -0.25) is 9.20 Å². The number of imidazole rings is 1. The number of carbonyl (C=O) groups excluding carboxylic acids is 1. The number of halogens is 1. The lowest BCUT2D eigenvalue weighted by Crippen LogP contribution is -2.16. The Bertz CT molecular complexity index is 1680. The van der Waals surface area contributed by atoms with Crippen LogP contribution in [0.25, 0.3) is 28.0 Å². The molecule has 2 aromatic heterocycles. The van der Waals surface area contributed by atoms with Crippen LogP contribution in [0.1, 0.15) is 40.0 Å². The minimum Gasteiger partial charge on any atom is -0.495 e. The number of hydrogen-bond acceptors (Lipinski definition) is 2. The zero-order chi connectivity index (χ0) is 26.4. The van der Waals surface area contributed by atoms with Crippen LogP contribution in [0.5, 0.6) is 5.75 Å². The third-order valence-corrected chi connectivity index (χ3v) is 7.89. The SMILES string of the molecule is COc1ccccc1NC(=O)c1c(-c2ccc(C)c(C)c2)c2c3n(c(-c4ccc(Cl)cc4)cn13)CCCC2. The first-order chi connectivity index (χ1) is 18.5. The van der Waals surface area contributed by atoms with Gasteiger partial charge >= 0.3 is 0 Å². The molecule has 0 fully saturated rings. The summed E-state index contributed by atoms with van der Waals surface area (Å²) in [5.74, 6) is 0.464. The zero-order valence-electron chi connectivity index (χ0n) is 21.8. The summed E-state index contributed by atoms with van der Waals surface area (Å²) < 4.78 is 9.99. The van der Waals surface area contributed by atoms with Crippen LogP contribution in [0.4, 0.5) is 5.69 Å². The number of aromatic nitrogens is 2. The highest BCUT2D eigenvalue weighted by Gasteiger charge is 2.30. The van der Waals surface area contributed by atoms with Crippen LogP contribution in [0, 0.1) is 13.8 Å². The minimum atomic E-state index is -0.163. The number of methoxy groups -OCH3 is 1.